The van der Waals surface area contributed by atoms with E-state index in [2.05, 4.69) is 18.7 Å². The zero-order chi connectivity index (χ0) is 9.84. The van der Waals surface area contributed by atoms with Gasteiger partial charge in [-0.15, -0.1) is 0 Å². The predicted molar refractivity (Wildman–Crippen MR) is 51.3 cm³/mol. The Bertz CT molecular complexity index is 207. The van der Waals surface area contributed by atoms with E-state index >= 15 is 0 Å². The van der Waals surface area contributed by atoms with Crippen molar-refractivity contribution in [1.29, 1.82) is 0 Å². The van der Waals surface area contributed by atoms with Crippen LogP contribution in [0.1, 0.15) is 26.7 Å². The van der Waals surface area contributed by atoms with E-state index in [4.69, 9.17) is 5.11 Å². The van der Waals surface area contributed by atoms with E-state index in [1.54, 1.807) is 6.20 Å². The van der Waals surface area contributed by atoms with Gasteiger partial charge >= 0.3 is 5.97 Å². The summed E-state index contributed by atoms with van der Waals surface area (Å²) in [7, 11) is 0. The maximum absolute atomic E-state index is 10.3. The van der Waals surface area contributed by atoms with E-state index in [9.17, 15) is 4.79 Å². The summed E-state index contributed by atoms with van der Waals surface area (Å²) < 4.78 is 0. The first kappa shape index (κ1) is 10.1. The molecule has 3 nitrogen and oxygen atoms in total. The van der Waals surface area contributed by atoms with Gasteiger partial charge in [0.2, 0.25) is 0 Å². The molecule has 1 N–H and O–H groups in total. The van der Waals surface area contributed by atoms with Crippen LogP contribution in [0.4, 0.5) is 0 Å². The van der Waals surface area contributed by atoms with Crippen molar-refractivity contribution in [3.63, 3.8) is 0 Å². The Morgan fingerprint density at radius 3 is 2.62 bits per heavy atom. The summed E-state index contributed by atoms with van der Waals surface area (Å²) in [4.78, 5) is 12.5. The minimum atomic E-state index is -0.866. The van der Waals surface area contributed by atoms with Gasteiger partial charge in [0, 0.05) is 24.9 Å². The fourth-order valence-electron chi connectivity index (χ4n) is 1.32. The van der Waals surface area contributed by atoms with Crippen molar-refractivity contribution in [2.75, 3.05) is 6.54 Å². The topological polar surface area (TPSA) is 40.5 Å². The molecule has 0 aromatic carbocycles. The summed E-state index contributed by atoms with van der Waals surface area (Å²) in [6, 6.07) is 0.595. The highest BCUT2D eigenvalue weighted by molar-refractivity contribution is 5.79. The molecule has 0 bridgehead atoms. The third-order valence-corrected chi connectivity index (χ3v) is 2.00. The summed E-state index contributed by atoms with van der Waals surface area (Å²) in [5, 5.41) is 8.49. The number of hydrogen-bond acceptors (Lipinski definition) is 2. The fourth-order valence-corrected chi connectivity index (χ4v) is 1.32. The van der Waals surface area contributed by atoms with E-state index in [1.165, 1.54) is 18.9 Å². The highest BCUT2D eigenvalue weighted by atomic mass is 16.4. The Labute approximate surface area is 79.0 Å². The Balaban J connectivity index is 2.42. The van der Waals surface area contributed by atoms with Crippen LogP contribution >= 0.6 is 0 Å². The van der Waals surface area contributed by atoms with Crippen LogP contribution in [0.25, 0.3) is 0 Å². The van der Waals surface area contributed by atoms with Gasteiger partial charge < -0.3 is 10.0 Å². The zero-order valence-corrected chi connectivity index (χ0v) is 8.23. The Hall–Kier alpha value is -0.990. The van der Waals surface area contributed by atoms with Gasteiger partial charge in [-0.2, -0.15) is 0 Å². The number of aliphatic carboxylic acids is 1. The van der Waals surface area contributed by atoms with E-state index in [1.807, 2.05) is 0 Å². The third kappa shape index (κ3) is 3.97. The first-order valence-electron chi connectivity index (χ1n) is 4.76. The van der Waals surface area contributed by atoms with Gasteiger partial charge in [-0.1, -0.05) is 13.8 Å². The van der Waals surface area contributed by atoms with Crippen molar-refractivity contribution in [3.8, 4) is 0 Å². The quantitative estimate of drug-likeness (QED) is 0.659. The van der Waals surface area contributed by atoms with Gasteiger partial charge in [-0.05, 0) is 18.8 Å². The molecule has 0 radical (unpaired) electrons. The van der Waals surface area contributed by atoms with Crippen molar-refractivity contribution < 1.29 is 9.90 Å². The van der Waals surface area contributed by atoms with E-state index in [0.29, 0.717) is 12.0 Å². The second-order valence-corrected chi connectivity index (χ2v) is 3.98. The van der Waals surface area contributed by atoms with Gasteiger partial charge in [0.25, 0.3) is 0 Å². The van der Waals surface area contributed by atoms with Crippen molar-refractivity contribution >= 4 is 5.97 Å². The van der Waals surface area contributed by atoms with Crippen LogP contribution in [0.2, 0.25) is 0 Å². The van der Waals surface area contributed by atoms with Crippen molar-refractivity contribution in [2.24, 2.45) is 5.92 Å². The molecule has 0 amide bonds. The van der Waals surface area contributed by atoms with Crippen LogP contribution in [-0.4, -0.2) is 28.6 Å². The molecule has 0 atom stereocenters. The lowest BCUT2D eigenvalue weighted by Crippen LogP contribution is -2.24. The largest absolute Gasteiger partial charge is 0.478 e. The monoisotopic (exact) mass is 183 g/mol. The summed E-state index contributed by atoms with van der Waals surface area (Å²) in [6.45, 7) is 5.24. The molecule has 0 heterocycles. The molecule has 1 aliphatic rings. The van der Waals surface area contributed by atoms with Gasteiger partial charge in [0.1, 0.15) is 0 Å². The molecule has 0 spiro atoms. The molecule has 1 rings (SSSR count). The SMILES string of the molecule is CC(C)CN(C=CC(=O)O)C1CC1. The molecule has 0 aromatic rings. The number of carbonyl (C=O) groups is 1. The van der Waals surface area contributed by atoms with Crippen LogP contribution in [0.15, 0.2) is 12.3 Å². The Morgan fingerprint density at radius 1 is 1.62 bits per heavy atom. The highest BCUT2D eigenvalue weighted by Gasteiger charge is 2.27. The molecule has 0 saturated heterocycles. The first-order chi connectivity index (χ1) is 6.09. The smallest absolute Gasteiger partial charge is 0.329 e. The molecular weight excluding hydrogens is 166 g/mol. The minimum Gasteiger partial charge on any atom is -0.478 e. The van der Waals surface area contributed by atoms with Crippen LogP contribution in [-0.2, 0) is 4.79 Å². The van der Waals surface area contributed by atoms with Crippen LogP contribution in [0.3, 0.4) is 0 Å². The lowest BCUT2D eigenvalue weighted by Gasteiger charge is -2.21. The van der Waals surface area contributed by atoms with E-state index in [-0.39, 0.29) is 0 Å². The van der Waals surface area contributed by atoms with E-state index < -0.39 is 5.97 Å². The van der Waals surface area contributed by atoms with Gasteiger partial charge in [-0.25, -0.2) is 4.79 Å². The summed E-state index contributed by atoms with van der Waals surface area (Å²) in [5.41, 5.74) is 0. The van der Waals surface area contributed by atoms with Gasteiger partial charge in [-0.3, -0.25) is 0 Å². The molecular formula is C10H17NO2. The normalized spacial score (nSPS) is 16.8. The summed E-state index contributed by atoms with van der Waals surface area (Å²) in [5.74, 6) is -0.284. The highest BCUT2D eigenvalue weighted by Crippen LogP contribution is 2.27. The summed E-state index contributed by atoms with van der Waals surface area (Å²) >= 11 is 0. The van der Waals surface area contributed by atoms with Crippen LogP contribution in [0.5, 0.6) is 0 Å². The maximum Gasteiger partial charge on any atom is 0.329 e. The number of rotatable bonds is 5. The molecule has 13 heavy (non-hydrogen) atoms. The number of carboxylic acid groups (broad SMARTS) is 1. The molecule has 1 saturated carbocycles. The van der Waals surface area contributed by atoms with Gasteiger partial charge in [0.05, 0.1) is 0 Å². The fraction of sp³-hybridized carbons (Fsp3) is 0.700. The lowest BCUT2D eigenvalue weighted by molar-refractivity contribution is -0.131. The van der Waals surface area contributed by atoms with Crippen molar-refractivity contribution in [1.82, 2.24) is 4.90 Å². The lowest BCUT2D eigenvalue weighted by atomic mass is 10.2. The van der Waals surface area contributed by atoms with Gasteiger partial charge in [0.15, 0.2) is 0 Å². The molecule has 0 aliphatic heterocycles. The average molecular weight is 183 g/mol. The second kappa shape index (κ2) is 4.30. The van der Waals surface area contributed by atoms with E-state index in [0.717, 1.165) is 6.54 Å². The molecule has 74 valence electrons. The Morgan fingerprint density at radius 2 is 2.23 bits per heavy atom. The van der Waals surface area contributed by atoms with Crippen molar-refractivity contribution in [2.45, 2.75) is 32.7 Å². The molecule has 1 aliphatic carbocycles. The Kier molecular flexibility index (Phi) is 3.34. The summed E-state index contributed by atoms with van der Waals surface area (Å²) in [6.07, 6.45) is 5.34. The number of carboxylic acids is 1. The van der Waals surface area contributed by atoms with Crippen LogP contribution in [0, 0.1) is 5.92 Å². The maximum atomic E-state index is 10.3. The van der Waals surface area contributed by atoms with Crippen LogP contribution < -0.4 is 0 Å². The zero-order valence-electron chi connectivity index (χ0n) is 8.23. The third-order valence-electron chi connectivity index (χ3n) is 2.00. The minimum absolute atomic E-state index is 0.582. The standard InChI is InChI=1S/C10H17NO2/c1-8(2)7-11(9-3-4-9)6-5-10(12)13/h5-6,8-9H,3-4,7H2,1-2H3,(H,12,13). The number of hydrogen-bond donors (Lipinski definition) is 1. The molecule has 3 heteroatoms. The predicted octanol–water partition coefficient (Wildman–Crippen LogP) is 1.71. The van der Waals surface area contributed by atoms with Crippen molar-refractivity contribution in [3.05, 3.63) is 12.3 Å². The molecule has 1 fully saturated rings. The number of nitrogens with zero attached hydrogens (tertiary/aromatic N) is 1. The first-order valence-corrected chi connectivity index (χ1v) is 4.76. The molecule has 0 aromatic heterocycles. The second-order valence-electron chi connectivity index (χ2n) is 3.98. The average Bonchev–Trinajstić information content (AvgIpc) is 2.78. The molecule has 0 unspecified atom stereocenters.